The number of hydrogen-bond acceptors (Lipinski definition) is 2. The monoisotopic (exact) mass is 304 g/mol. The molecule has 1 amide bonds. The minimum Gasteiger partial charge on any atom is -0.370 e. The van der Waals surface area contributed by atoms with E-state index in [1.807, 2.05) is 55.5 Å². The maximum atomic E-state index is 12.4. The molecule has 0 atom stereocenters. The first-order valence-electron chi connectivity index (χ1n) is 7.15. The summed E-state index contributed by atoms with van der Waals surface area (Å²) in [5.41, 5.74) is 14.5. The van der Waals surface area contributed by atoms with Gasteiger partial charge in [-0.2, -0.15) is 4.99 Å². The van der Waals surface area contributed by atoms with Crippen LogP contribution in [-0.4, -0.2) is 16.9 Å². The van der Waals surface area contributed by atoms with Gasteiger partial charge in [-0.1, -0.05) is 42.5 Å². The molecule has 3 rings (SSSR count). The number of aliphatic imine (C=N–C) groups is 1. The van der Waals surface area contributed by atoms with Crippen molar-refractivity contribution in [2.24, 2.45) is 16.5 Å². The molecule has 0 fully saturated rings. The summed E-state index contributed by atoms with van der Waals surface area (Å²) < 4.78 is 0. The summed E-state index contributed by atoms with van der Waals surface area (Å²) in [5.74, 6) is -0.730. The lowest BCUT2D eigenvalue weighted by atomic mass is 10.0. The van der Waals surface area contributed by atoms with Crippen LogP contribution in [0.2, 0.25) is 0 Å². The minimum atomic E-state index is -0.474. The Kier molecular flexibility index (Phi) is 3.76. The molecule has 1 heterocycles. The Balaban J connectivity index is 2.28. The smallest absolute Gasteiger partial charge is 0.280 e. The molecule has 0 saturated heterocycles. The van der Waals surface area contributed by atoms with E-state index in [9.17, 15) is 4.79 Å². The number of amides is 1. The molecule has 23 heavy (non-hydrogen) atoms. The van der Waals surface area contributed by atoms with Crippen molar-refractivity contribution in [3.63, 3.8) is 0 Å². The van der Waals surface area contributed by atoms with E-state index in [1.54, 1.807) is 6.07 Å². The topological polar surface area (TPSA) is 94.4 Å². The molecule has 114 valence electrons. The Morgan fingerprint density at radius 1 is 1.04 bits per heavy atom. The second kappa shape index (κ2) is 5.88. The lowest BCUT2D eigenvalue weighted by Crippen LogP contribution is -2.24. The van der Waals surface area contributed by atoms with Crippen LogP contribution in [0.5, 0.6) is 0 Å². The Morgan fingerprint density at radius 2 is 1.78 bits per heavy atom. The van der Waals surface area contributed by atoms with E-state index in [2.05, 4.69) is 9.98 Å². The maximum Gasteiger partial charge on any atom is 0.280 e. The van der Waals surface area contributed by atoms with Crippen molar-refractivity contribution in [1.29, 1.82) is 0 Å². The molecule has 0 bridgehead atoms. The molecule has 4 N–H and O–H groups in total. The molecule has 0 spiro atoms. The number of fused-ring (bicyclic) bond motifs is 1. The quantitative estimate of drug-likeness (QED) is 0.562. The summed E-state index contributed by atoms with van der Waals surface area (Å²) in [7, 11) is 0. The van der Waals surface area contributed by atoms with Crippen molar-refractivity contribution < 1.29 is 4.79 Å². The normalized spacial score (nSPS) is 10.5. The lowest BCUT2D eigenvalue weighted by Gasteiger charge is -2.08. The van der Waals surface area contributed by atoms with Crippen molar-refractivity contribution in [3.05, 3.63) is 65.7 Å². The third kappa shape index (κ3) is 3.03. The van der Waals surface area contributed by atoms with Crippen LogP contribution in [0, 0.1) is 6.92 Å². The number of carbonyl (C=O) groups excluding carboxylic acids is 1. The van der Waals surface area contributed by atoms with Gasteiger partial charge in [0.1, 0.15) is 0 Å². The van der Waals surface area contributed by atoms with Crippen molar-refractivity contribution >= 4 is 22.8 Å². The number of aromatic nitrogens is 1. The second-order valence-corrected chi connectivity index (χ2v) is 5.28. The molecule has 0 unspecified atom stereocenters. The number of aryl methyl sites for hydroxylation is 1. The molecule has 5 heteroatoms. The van der Waals surface area contributed by atoms with E-state index in [4.69, 9.17) is 11.5 Å². The maximum absolute atomic E-state index is 12.4. The van der Waals surface area contributed by atoms with E-state index in [1.165, 1.54) is 0 Å². The van der Waals surface area contributed by atoms with Gasteiger partial charge in [0.2, 0.25) is 0 Å². The van der Waals surface area contributed by atoms with E-state index < -0.39 is 5.91 Å². The molecule has 5 nitrogen and oxygen atoms in total. The number of nitrogens with zero attached hydrogens (tertiary/aromatic N) is 2. The summed E-state index contributed by atoms with van der Waals surface area (Å²) in [6.45, 7) is 1.98. The van der Waals surface area contributed by atoms with Gasteiger partial charge in [0.15, 0.2) is 5.96 Å². The Bertz CT molecular complexity index is 913. The Morgan fingerprint density at radius 3 is 2.48 bits per heavy atom. The fraction of sp³-hybridized carbons (Fsp3) is 0.0556. The van der Waals surface area contributed by atoms with Gasteiger partial charge in [-0.05, 0) is 24.6 Å². The van der Waals surface area contributed by atoms with E-state index >= 15 is 0 Å². The van der Waals surface area contributed by atoms with Crippen molar-refractivity contribution in [2.45, 2.75) is 6.92 Å². The van der Waals surface area contributed by atoms with Crippen LogP contribution in [0.1, 0.15) is 15.9 Å². The van der Waals surface area contributed by atoms with Crippen LogP contribution in [0.4, 0.5) is 0 Å². The molecule has 3 aromatic rings. The zero-order valence-corrected chi connectivity index (χ0v) is 12.7. The average Bonchev–Trinajstić information content (AvgIpc) is 2.53. The van der Waals surface area contributed by atoms with Gasteiger partial charge in [0.05, 0.1) is 16.8 Å². The predicted molar refractivity (Wildman–Crippen MR) is 92.1 cm³/mol. The van der Waals surface area contributed by atoms with Crippen LogP contribution in [0.25, 0.3) is 22.2 Å². The highest BCUT2D eigenvalue weighted by molar-refractivity contribution is 6.10. The molecule has 1 aromatic heterocycles. The summed E-state index contributed by atoms with van der Waals surface area (Å²) in [5, 5.41) is 0.727. The first kappa shape index (κ1) is 14.7. The summed E-state index contributed by atoms with van der Waals surface area (Å²) >= 11 is 0. The van der Waals surface area contributed by atoms with Crippen LogP contribution in [0.3, 0.4) is 0 Å². The molecule has 0 aliphatic heterocycles. The lowest BCUT2D eigenvalue weighted by molar-refractivity contribution is 0.100. The molecule has 0 radical (unpaired) electrons. The minimum absolute atomic E-state index is 0.256. The van der Waals surface area contributed by atoms with Gasteiger partial charge < -0.3 is 11.5 Å². The van der Waals surface area contributed by atoms with Gasteiger partial charge in [0, 0.05) is 10.9 Å². The summed E-state index contributed by atoms with van der Waals surface area (Å²) in [6, 6.07) is 17.1. The van der Waals surface area contributed by atoms with Crippen molar-refractivity contribution in [2.75, 3.05) is 0 Å². The van der Waals surface area contributed by atoms with E-state index in [-0.39, 0.29) is 5.96 Å². The summed E-state index contributed by atoms with van der Waals surface area (Å²) in [4.78, 5) is 20.7. The Hall–Kier alpha value is -3.21. The third-order valence-corrected chi connectivity index (χ3v) is 3.50. The highest BCUT2D eigenvalue weighted by Crippen LogP contribution is 2.26. The fourth-order valence-corrected chi connectivity index (χ4v) is 2.45. The first-order valence-corrected chi connectivity index (χ1v) is 7.15. The number of guanidine groups is 1. The highest BCUT2D eigenvalue weighted by Gasteiger charge is 2.14. The standard InChI is InChI=1S/C18H16N4O/c1-11-7-8-13-14(17(23)22-18(19)20)10-15(21-16(13)9-11)12-5-3-2-4-6-12/h2-10H,1H3,(H4,19,20,22,23). The molecule has 0 saturated carbocycles. The van der Waals surface area contributed by atoms with E-state index in [0.29, 0.717) is 11.3 Å². The van der Waals surface area contributed by atoms with Gasteiger partial charge in [0.25, 0.3) is 5.91 Å². The highest BCUT2D eigenvalue weighted by atomic mass is 16.1. The largest absolute Gasteiger partial charge is 0.370 e. The van der Waals surface area contributed by atoms with Crippen molar-refractivity contribution in [3.8, 4) is 11.3 Å². The van der Waals surface area contributed by atoms with Crippen LogP contribution in [-0.2, 0) is 0 Å². The third-order valence-electron chi connectivity index (χ3n) is 3.50. The fourth-order valence-electron chi connectivity index (χ4n) is 2.45. The second-order valence-electron chi connectivity index (χ2n) is 5.28. The van der Waals surface area contributed by atoms with Gasteiger partial charge in [-0.25, -0.2) is 4.98 Å². The van der Waals surface area contributed by atoms with E-state index in [0.717, 1.165) is 22.0 Å². The number of carbonyl (C=O) groups is 1. The number of pyridine rings is 1. The molecular weight excluding hydrogens is 288 g/mol. The van der Waals surface area contributed by atoms with Gasteiger partial charge in [-0.3, -0.25) is 4.79 Å². The predicted octanol–water partition coefficient (Wildman–Crippen LogP) is 2.62. The number of nitrogens with two attached hydrogens (primary N) is 2. The van der Waals surface area contributed by atoms with Crippen molar-refractivity contribution in [1.82, 2.24) is 4.98 Å². The first-order chi connectivity index (χ1) is 11.0. The zero-order chi connectivity index (χ0) is 16.4. The van der Waals surface area contributed by atoms with Crippen LogP contribution in [0.15, 0.2) is 59.6 Å². The zero-order valence-electron chi connectivity index (χ0n) is 12.7. The number of rotatable bonds is 2. The Labute approximate surface area is 133 Å². The molecule has 0 aliphatic rings. The van der Waals surface area contributed by atoms with Crippen LogP contribution < -0.4 is 11.5 Å². The molecule has 2 aromatic carbocycles. The SMILES string of the molecule is Cc1ccc2c(C(=O)N=C(N)N)cc(-c3ccccc3)nc2c1. The van der Waals surface area contributed by atoms with Crippen LogP contribution >= 0.6 is 0 Å². The van der Waals surface area contributed by atoms with Gasteiger partial charge >= 0.3 is 0 Å². The summed E-state index contributed by atoms with van der Waals surface area (Å²) in [6.07, 6.45) is 0. The number of benzene rings is 2. The number of hydrogen-bond donors (Lipinski definition) is 2. The van der Waals surface area contributed by atoms with Gasteiger partial charge in [-0.15, -0.1) is 0 Å². The molecular formula is C18H16N4O. The molecule has 0 aliphatic carbocycles. The average molecular weight is 304 g/mol.